The van der Waals surface area contributed by atoms with Crippen molar-refractivity contribution in [3.8, 4) is 22.4 Å². The smallest absolute Gasteiger partial charge is 0.227 e. The van der Waals surface area contributed by atoms with Crippen molar-refractivity contribution in [2.75, 3.05) is 5.32 Å². The molecule has 0 unspecified atom stereocenters. The molecule has 0 aliphatic carbocycles. The number of aryl methyl sites for hydroxylation is 2. The molecule has 6 heteroatoms. The largest absolute Gasteiger partial charge is 0.361 e. The molecule has 0 aliphatic heterocycles. The number of nitrogens with one attached hydrogen (secondary N) is 1. The molecule has 0 amide bonds. The van der Waals surface area contributed by atoms with E-state index in [4.69, 9.17) is 4.52 Å². The zero-order valence-electron chi connectivity index (χ0n) is 14.5. The minimum absolute atomic E-state index is 0.530. The number of anilines is 2. The summed E-state index contributed by atoms with van der Waals surface area (Å²) in [7, 11) is 0. The van der Waals surface area contributed by atoms with Crippen LogP contribution in [0.2, 0.25) is 0 Å². The molecule has 0 fully saturated rings. The molecule has 0 saturated heterocycles. The fourth-order valence-corrected chi connectivity index (χ4v) is 2.87. The van der Waals surface area contributed by atoms with Gasteiger partial charge in [-0.25, -0.2) is 9.97 Å². The monoisotopic (exact) mass is 343 g/mol. The van der Waals surface area contributed by atoms with Gasteiger partial charge in [-0.2, -0.15) is 0 Å². The predicted octanol–water partition coefficient (Wildman–Crippen LogP) is 4.55. The molecule has 1 N–H and O–H groups in total. The summed E-state index contributed by atoms with van der Waals surface area (Å²) < 4.78 is 5.27. The van der Waals surface area contributed by atoms with Crippen LogP contribution in [0.1, 0.15) is 11.5 Å². The van der Waals surface area contributed by atoms with Crippen LogP contribution >= 0.6 is 0 Å². The SMILES string of the molecule is Cc1noc(C)c1-c1cccc(Nc2nccc(-c3cccnc3)n2)c1. The van der Waals surface area contributed by atoms with Gasteiger partial charge in [0.15, 0.2) is 0 Å². The van der Waals surface area contributed by atoms with E-state index in [1.165, 1.54) is 0 Å². The van der Waals surface area contributed by atoms with Crippen molar-refractivity contribution in [3.05, 3.63) is 72.5 Å². The predicted molar refractivity (Wildman–Crippen MR) is 100.0 cm³/mol. The molecule has 26 heavy (non-hydrogen) atoms. The summed E-state index contributed by atoms with van der Waals surface area (Å²) in [6, 6.07) is 13.7. The molecular formula is C20H17N5O. The van der Waals surface area contributed by atoms with Crippen LogP contribution in [0.4, 0.5) is 11.6 Å². The van der Waals surface area contributed by atoms with Gasteiger partial charge in [0.1, 0.15) is 5.76 Å². The van der Waals surface area contributed by atoms with Crippen LogP contribution in [0.25, 0.3) is 22.4 Å². The number of rotatable bonds is 4. The lowest BCUT2D eigenvalue weighted by Crippen LogP contribution is -1.98. The van der Waals surface area contributed by atoms with Gasteiger partial charge in [0, 0.05) is 35.4 Å². The summed E-state index contributed by atoms with van der Waals surface area (Å²) in [5.74, 6) is 1.33. The van der Waals surface area contributed by atoms with E-state index in [1.54, 1.807) is 18.6 Å². The molecule has 128 valence electrons. The molecule has 0 bridgehead atoms. The third-order valence-corrected chi connectivity index (χ3v) is 4.05. The Balaban J connectivity index is 1.64. The van der Waals surface area contributed by atoms with Gasteiger partial charge < -0.3 is 9.84 Å². The zero-order chi connectivity index (χ0) is 17.9. The topological polar surface area (TPSA) is 76.7 Å². The van der Waals surface area contributed by atoms with Crippen molar-refractivity contribution < 1.29 is 4.52 Å². The second-order valence-electron chi connectivity index (χ2n) is 5.91. The maximum atomic E-state index is 5.27. The van der Waals surface area contributed by atoms with Crippen LogP contribution in [0.15, 0.2) is 65.6 Å². The molecule has 4 aromatic rings. The van der Waals surface area contributed by atoms with Gasteiger partial charge in [-0.1, -0.05) is 17.3 Å². The van der Waals surface area contributed by atoms with Crippen LogP contribution < -0.4 is 5.32 Å². The quantitative estimate of drug-likeness (QED) is 0.585. The third kappa shape index (κ3) is 3.17. The maximum Gasteiger partial charge on any atom is 0.227 e. The Labute approximate surface area is 151 Å². The van der Waals surface area contributed by atoms with E-state index in [0.29, 0.717) is 5.95 Å². The number of nitrogens with zero attached hydrogens (tertiary/aromatic N) is 4. The first kappa shape index (κ1) is 16.0. The van der Waals surface area contributed by atoms with E-state index >= 15 is 0 Å². The van der Waals surface area contributed by atoms with E-state index in [-0.39, 0.29) is 0 Å². The number of benzene rings is 1. The van der Waals surface area contributed by atoms with E-state index in [2.05, 4.69) is 25.4 Å². The molecule has 0 aliphatic rings. The fourth-order valence-electron chi connectivity index (χ4n) is 2.87. The van der Waals surface area contributed by atoms with E-state index in [0.717, 1.165) is 39.5 Å². The van der Waals surface area contributed by atoms with Crippen LogP contribution in [-0.2, 0) is 0 Å². The second-order valence-corrected chi connectivity index (χ2v) is 5.91. The van der Waals surface area contributed by atoms with Crippen molar-refractivity contribution >= 4 is 11.6 Å². The van der Waals surface area contributed by atoms with Crippen LogP contribution in [0.3, 0.4) is 0 Å². The third-order valence-electron chi connectivity index (χ3n) is 4.05. The number of aromatic nitrogens is 4. The summed E-state index contributed by atoms with van der Waals surface area (Å²) in [5.41, 5.74) is 5.58. The summed E-state index contributed by atoms with van der Waals surface area (Å²) in [6.07, 6.45) is 5.25. The van der Waals surface area contributed by atoms with Gasteiger partial charge >= 0.3 is 0 Å². The molecule has 0 radical (unpaired) electrons. The van der Waals surface area contributed by atoms with Gasteiger partial charge in [0.2, 0.25) is 5.95 Å². The van der Waals surface area contributed by atoms with Gasteiger partial charge in [-0.3, -0.25) is 4.98 Å². The Bertz CT molecular complexity index is 1020. The standard InChI is InChI=1S/C20H17N5O/c1-13-19(14(2)26-25-13)15-5-3-7-17(11-15)23-20-22-10-8-18(24-20)16-6-4-9-21-12-16/h3-12H,1-2H3,(H,22,23,24). The molecule has 4 rings (SSSR count). The van der Waals surface area contributed by atoms with E-state index in [9.17, 15) is 0 Å². The molecule has 1 aromatic carbocycles. The van der Waals surface area contributed by atoms with Crippen molar-refractivity contribution in [2.24, 2.45) is 0 Å². The van der Waals surface area contributed by atoms with Gasteiger partial charge in [0.05, 0.1) is 11.4 Å². The molecule has 0 spiro atoms. The van der Waals surface area contributed by atoms with Gasteiger partial charge in [-0.15, -0.1) is 0 Å². The van der Waals surface area contributed by atoms with Crippen LogP contribution in [0.5, 0.6) is 0 Å². The van der Waals surface area contributed by atoms with Gasteiger partial charge in [0.25, 0.3) is 0 Å². The van der Waals surface area contributed by atoms with Crippen LogP contribution in [-0.4, -0.2) is 20.1 Å². The number of hydrogen-bond acceptors (Lipinski definition) is 6. The highest BCUT2D eigenvalue weighted by atomic mass is 16.5. The lowest BCUT2D eigenvalue weighted by atomic mass is 10.0. The van der Waals surface area contributed by atoms with Crippen molar-refractivity contribution in [3.63, 3.8) is 0 Å². The van der Waals surface area contributed by atoms with Crippen molar-refractivity contribution in [1.82, 2.24) is 20.1 Å². The summed E-state index contributed by atoms with van der Waals surface area (Å²) in [4.78, 5) is 13.0. The molecule has 3 aromatic heterocycles. The van der Waals surface area contributed by atoms with Crippen molar-refractivity contribution in [2.45, 2.75) is 13.8 Å². The highest BCUT2D eigenvalue weighted by Crippen LogP contribution is 2.29. The average Bonchev–Trinajstić information content (AvgIpc) is 3.01. The molecular weight excluding hydrogens is 326 g/mol. The minimum atomic E-state index is 0.530. The summed E-state index contributed by atoms with van der Waals surface area (Å²) in [5, 5.41) is 7.29. The van der Waals surface area contributed by atoms with Gasteiger partial charge in [-0.05, 0) is 49.7 Å². The first-order valence-electron chi connectivity index (χ1n) is 8.24. The Morgan fingerprint density at radius 2 is 1.85 bits per heavy atom. The highest BCUT2D eigenvalue weighted by Gasteiger charge is 2.12. The van der Waals surface area contributed by atoms with E-state index in [1.807, 2.05) is 56.3 Å². The minimum Gasteiger partial charge on any atom is -0.361 e. The second kappa shape index (κ2) is 6.76. The molecule has 6 nitrogen and oxygen atoms in total. The normalized spacial score (nSPS) is 10.7. The first-order valence-corrected chi connectivity index (χ1v) is 8.24. The molecule has 3 heterocycles. The summed E-state index contributed by atoms with van der Waals surface area (Å²) >= 11 is 0. The van der Waals surface area contributed by atoms with E-state index < -0.39 is 0 Å². The fraction of sp³-hybridized carbons (Fsp3) is 0.100. The first-order chi connectivity index (χ1) is 12.7. The lowest BCUT2D eigenvalue weighted by molar-refractivity contribution is 0.393. The Morgan fingerprint density at radius 3 is 2.62 bits per heavy atom. The van der Waals surface area contributed by atoms with Crippen LogP contribution in [0, 0.1) is 13.8 Å². The molecule has 0 saturated carbocycles. The lowest BCUT2D eigenvalue weighted by Gasteiger charge is -2.08. The zero-order valence-corrected chi connectivity index (χ0v) is 14.5. The Morgan fingerprint density at radius 1 is 0.962 bits per heavy atom. The Kier molecular flexibility index (Phi) is 4.15. The summed E-state index contributed by atoms with van der Waals surface area (Å²) in [6.45, 7) is 3.85. The molecule has 0 atom stereocenters. The number of hydrogen-bond donors (Lipinski definition) is 1. The van der Waals surface area contributed by atoms with Crippen molar-refractivity contribution in [1.29, 1.82) is 0 Å². The maximum absolute atomic E-state index is 5.27. The number of pyridine rings is 1. The highest BCUT2D eigenvalue weighted by molar-refractivity contribution is 5.72. The average molecular weight is 343 g/mol. The Hall–Kier alpha value is -3.54.